The molecule has 4 aromatic heterocycles. The minimum atomic E-state index is -0.353. The van der Waals surface area contributed by atoms with Gasteiger partial charge in [-0.3, -0.25) is 4.79 Å². The molecule has 1 aliphatic heterocycles. The average molecular weight is 432 g/mol. The van der Waals surface area contributed by atoms with Crippen molar-refractivity contribution in [1.29, 1.82) is 0 Å². The Morgan fingerprint density at radius 3 is 2.88 bits per heavy atom. The quantitative estimate of drug-likeness (QED) is 0.513. The Morgan fingerprint density at radius 1 is 1.22 bits per heavy atom. The molecule has 1 saturated carbocycles. The van der Waals surface area contributed by atoms with E-state index < -0.39 is 0 Å². The van der Waals surface area contributed by atoms with Crippen molar-refractivity contribution >= 4 is 17.2 Å². The van der Waals surface area contributed by atoms with E-state index in [1.54, 1.807) is 30.9 Å². The number of carbonyl (C=O) groups is 1. The van der Waals surface area contributed by atoms with Crippen LogP contribution in [0.1, 0.15) is 52.9 Å². The van der Waals surface area contributed by atoms with Gasteiger partial charge < -0.3 is 15.2 Å². The summed E-state index contributed by atoms with van der Waals surface area (Å²) in [6.07, 6.45) is 10.4. The Morgan fingerprint density at radius 2 is 2.12 bits per heavy atom. The van der Waals surface area contributed by atoms with Gasteiger partial charge in [0.25, 0.3) is 5.91 Å². The smallest absolute Gasteiger partial charge is 0.271 e. The molecule has 1 atom stereocenters. The van der Waals surface area contributed by atoms with Crippen LogP contribution in [0.15, 0.2) is 43.1 Å². The molecule has 5 heterocycles. The highest BCUT2D eigenvalue weighted by Gasteiger charge is 2.34. The van der Waals surface area contributed by atoms with Crippen molar-refractivity contribution in [1.82, 2.24) is 34.9 Å². The summed E-state index contributed by atoms with van der Waals surface area (Å²) in [4.78, 5) is 31.1. The first-order chi connectivity index (χ1) is 15.7. The van der Waals surface area contributed by atoms with Gasteiger partial charge in [-0.25, -0.2) is 23.9 Å². The molecule has 1 aliphatic carbocycles. The molecule has 162 valence electrons. The number of hydrogen-bond donors (Lipinski definition) is 2. The van der Waals surface area contributed by atoms with E-state index in [0.29, 0.717) is 29.3 Å². The number of aromatic amines is 1. The van der Waals surface area contributed by atoms with Gasteiger partial charge in [-0.2, -0.15) is 5.10 Å². The second kappa shape index (κ2) is 7.40. The van der Waals surface area contributed by atoms with Crippen LogP contribution in [0.4, 0.5) is 10.2 Å². The van der Waals surface area contributed by atoms with Crippen molar-refractivity contribution in [2.75, 3.05) is 11.4 Å². The topological polar surface area (TPSA) is 104 Å². The molecule has 0 unspecified atom stereocenters. The molecular weight excluding hydrogens is 411 g/mol. The summed E-state index contributed by atoms with van der Waals surface area (Å²) >= 11 is 0. The molecule has 2 N–H and O–H groups in total. The van der Waals surface area contributed by atoms with E-state index >= 15 is 0 Å². The van der Waals surface area contributed by atoms with Crippen molar-refractivity contribution in [2.45, 2.75) is 37.8 Å². The lowest BCUT2D eigenvalue weighted by atomic mass is 9.93. The zero-order chi connectivity index (χ0) is 21.7. The fourth-order valence-electron chi connectivity index (χ4n) is 4.36. The first kappa shape index (κ1) is 18.9. The van der Waals surface area contributed by atoms with Crippen LogP contribution >= 0.6 is 0 Å². The minimum absolute atomic E-state index is 0.200. The number of amides is 1. The van der Waals surface area contributed by atoms with Gasteiger partial charge in [0.05, 0.1) is 30.1 Å². The molecular formula is C22H21FN8O. The molecule has 0 aromatic carbocycles. The van der Waals surface area contributed by atoms with Crippen LogP contribution in [-0.4, -0.2) is 48.0 Å². The van der Waals surface area contributed by atoms with Gasteiger partial charge in [-0.05, 0) is 37.5 Å². The minimum Gasteiger partial charge on any atom is -0.348 e. The number of pyridine rings is 1. The number of H-pyrrole nitrogens is 1. The summed E-state index contributed by atoms with van der Waals surface area (Å²) in [6, 6.07) is 4.66. The molecule has 0 radical (unpaired) electrons. The third-order valence-electron chi connectivity index (χ3n) is 6.28. The van der Waals surface area contributed by atoms with Gasteiger partial charge in [-0.15, -0.1) is 0 Å². The van der Waals surface area contributed by atoms with E-state index in [2.05, 4.69) is 30.4 Å². The van der Waals surface area contributed by atoms with E-state index in [0.717, 1.165) is 37.1 Å². The standard InChI is InChI=1S/C22H21FN8O/c23-14-5-2-7-31-18(14)9-16(29-31)21-20-15(26-12-27-20)6-8-30(21)19-11-24-17(10-25-19)22(32)28-13-3-1-4-13/h2,5,7,9-13,21H,1,3-4,6,8H2,(H,26,27)(H,28,32)/t21-/m1/s1. The number of rotatable bonds is 4. The molecule has 2 aliphatic rings. The molecule has 1 fully saturated rings. The number of aromatic nitrogens is 6. The van der Waals surface area contributed by atoms with Crippen molar-refractivity contribution in [3.8, 4) is 0 Å². The summed E-state index contributed by atoms with van der Waals surface area (Å²) in [5.74, 6) is 0.0770. The number of halogens is 1. The Bertz CT molecular complexity index is 1290. The Balaban J connectivity index is 1.35. The van der Waals surface area contributed by atoms with Crippen molar-refractivity contribution < 1.29 is 9.18 Å². The Labute approximate surface area is 182 Å². The summed E-state index contributed by atoms with van der Waals surface area (Å²) in [6.45, 7) is 0.651. The molecule has 0 saturated heterocycles. The van der Waals surface area contributed by atoms with E-state index in [9.17, 15) is 9.18 Å². The molecule has 1 amide bonds. The summed E-state index contributed by atoms with van der Waals surface area (Å²) in [7, 11) is 0. The second-order valence-electron chi connectivity index (χ2n) is 8.23. The molecule has 10 heteroatoms. The molecule has 32 heavy (non-hydrogen) atoms. The first-order valence-electron chi connectivity index (χ1n) is 10.7. The van der Waals surface area contributed by atoms with Gasteiger partial charge in [0.15, 0.2) is 0 Å². The highest BCUT2D eigenvalue weighted by molar-refractivity contribution is 5.92. The lowest BCUT2D eigenvalue weighted by Crippen LogP contribution is -2.40. The van der Waals surface area contributed by atoms with Crippen molar-refractivity contribution in [3.05, 3.63) is 71.7 Å². The maximum atomic E-state index is 14.3. The highest BCUT2D eigenvalue weighted by atomic mass is 19.1. The number of nitrogens with one attached hydrogen (secondary N) is 2. The number of hydrogen-bond acceptors (Lipinski definition) is 6. The van der Waals surface area contributed by atoms with E-state index in [1.165, 1.54) is 16.8 Å². The van der Waals surface area contributed by atoms with Crippen LogP contribution < -0.4 is 10.2 Å². The van der Waals surface area contributed by atoms with Crippen LogP contribution in [0.3, 0.4) is 0 Å². The van der Waals surface area contributed by atoms with E-state index in [1.807, 2.05) is 4.90 Å². The van der Waals surface area contributed by atoms with Gasteiger partial charge >= 0.3 is 0 Å². The number of carbonyl (C=O) groups excluding carboxylic acids is 1. The first-order valence-corrected chi connectivity index (χ1v) is 10.7. The van der Waals surface area contributed by atoms with Crippen molar-refractivity contribution in [2.24, 2.45) is 0 Å². The molecule has 0 bridgehead atoms. The number of fused-ring (bicyclic) bond motifs is 2. The predicted octanol–water partition coefficient (Wildman–Crippen LogP) is 2.42. The van der Waals surface area contributed by atoms with E-state index in [-0.39, 0.29) is 23.8 Å². The normalized spacial score (nSPS) is 18.4. The van der Waals surface area contributed by atoms with Crippen LogP contribution in [-0.2, 0) is 6.42 Å². The van der Waals surface area contributed by atoms with Crippen LogP contribution in [0.5, 0.6) is 0 Å². The summed E-state index contributed by atoms with van der Waals surface area (Å²) in [5, 5.41) is 7.59. The monoisotopic (exact) mass is 432 g/mol. The third kappa shape index (κ3) is 3.10. The average Bonchev–Trinajstić information content (AvgIpc) is 3.43. The molecule has 9 nitrogen and oxygen atoms in total. The Hall–Kier alpha value is -3.82. The molecule has 6 rings (SSSR count). The maximum Gasteiger partial charge on any atom is 0.271 e. The number of nitrogens with zero attached hydrogens (tertiary/aromatic N) is 6. The lowest BCUT2D eigenvalue weighted by molar-refractivity contribution is 0.0911. The van der Waals surface area contributed by atoms with Crippen molar-refractivity contribution in [3.63, 3.8) is 0 Å². The highest BCUT2D eigenvalue weighted by Crippen LogP contribution is 2.35. The molecule has 0 spiro atoms. The SMILES string of the molecule is O=C(NC1CCC1)c1cnc(N2CCc3[nH]cnc3[C@H]2c2cc3c(F)cccn3n2)cn1. The summed E-state index contributed by atoms with van der Waals surface area (Å²) < 4.78 is 15.8. The van der Waals surface area contributed by atoms with Gasteiger partial charge in [0.1, 0.15) is 28.9 Å². The zero-order valence-electron chi connectivity index (χ0n) is 17.2. The Kier molecular flexibility index (Phi) is 4.37. The fraction of sp³-hybridized carbons (Fsp3) is 0.318. The zero-order valence-corrected chi connectivity index (χ0v) is 17.2. The largest absolute Gasteiger partial charge is 0.348 e. The third-order valence-corrected chi connectivity index (χ3v) is 6.28. The van der Waals surface area contributed by atoms with Gasteiger partial charge in [0.2, 0.25) is 0 Å². The van der Waals surface area contributed by atoms with Crippen LogP contribution in [0.2, 0.25) is 0 Å². The van der Waals surface area contributed by atoms with Gasteiger partial charge in [0, 0.05) is 30.9 Å². The van der Waals surface area contributed by atoms with E-state index in [4.69, 9.17) is 0 Å². The van der Waals surface area contributed by atoms with Gasteiger partial charge in [-0.1, -0.05) is 0 Å². The predicted molar refractivity (Wildman–Crippen MR) is 114 cm³/mol. The second-order valence-corrected chi connectivity index (χ2v) is 8.23. The maximum absolute atomic E-state index is 14.3. The number of imidazole rings is 1. The summed E-state index contributed by atoms with van der Waals surface area (Å²) in [5.41, 5.74) is 3.21. The number of anilines is 1. The fourth-order valence-corrected chi connectivity index (χ4v) is 4.36. The van der Waals surface area contributed by atoms with Crippen LogP contribution in [0, 0.1) is 5.82 Å². The molecule has 4 aromatic rings. The lowest BCUT2D eigenvalue weighted by Gasteiger charge is -2.34. The van der Waals surface area contributed by atoms with Crippen LogP contribution in [0.25, 0.3) is 5.52 Å².